The van der Waals surface area contributed by atoms with E-state index in [0.29, 0.717) is 17.7 Å². The molecule has 258 valence electrons. The van der Waals surface area contributed by atoms with Crippen LogP contribution in [-0.2, 0) is 25.8 Å². The molecule has 2 aliphatic heterocycles. The van der Waals surface area contributed by atoms with Gasteiger partial charge in [-0.2, -0.15) is 0 Å². The Bertz CT molecular complexity index is 1940. The van der Waals surface area contributed by atoms with Gasteiger partial charge in [0, 0.05) is 23.6 Å². The number of nitrogens with zero attached hydrogens (tertiary/aromatic N) is 2. The Morgan fingerprint density at radius 3 is 2.40 bits per heavy atom. The minimum atomic E-state index is -1.37. The van der Waals surface area contributed by atoms with E-state index in [0.717, 1.165) is 54.2 Å². The maximum absolute atomic E-state index is 14.7. The number of anilines is 1. The molecule has 2 heterocycles. The average Bonchev–Trinajstić information content (AvgIpc) is 3.49. The first-order valence-corrected chi connectivity index (χ1v) is 17.9. The minimum absolute atomic E-state index is 0.106. The molecule has 8 rings (SSSR count). The summed E-state index contributed by atoms with van der Waals surface area (Å²) in [7, 11) is 0. The lowest BCUT2D eigenvalue weighted by Gasteiger charge is -2.49. The third kappa shape index (κ3) is 4.99. The fraction of sp³-hybridized carbons (Fsp3) is 0.400. The third-order valence-electron chi connectivity index (χ3n) is 12.0. The fourth-order valence-electron chi connectivity index (χ4n) is 9.55. The smallest absolute Gasteiger partial charge is 0.241 e. The Hall–Kier alpha value is -4.50. The highest BCUT2D eigenvalue weighted by Crippen LogP contribution is 2.64. The zero-order valence-electron chi connectivity index (χ0n) is 27.7. The second-order valence-corrected chi connectivity index (χ2v) is 15.0. The lowest BCUT2D eigenvalue weighted by molar-refractivity contribution is -0.144. The number of fused-ring (bicyclic) bond motifs is 4. The topological polar surface area (TPSA) is 104 Å². The van der Waals surface area contributed by atoms with Crippen molar-refractivity contribution in [3.63, 3.8) is 0 Å². The number of aromatic hydroxyl groups is 1. The van der Waals surface area contributed by atoms with E-state index in [1.54, 1.807) is 19.1 Å². The number of ether oxygens (including phenoxy) is 1. The monoisotopic (exact) mass is 696 g/mol. The van der Waals surface area contributed by atoms with Crippen molar-refractivity contribution in [3.05, 3.63) is 100 Å². The number of amides is 4. The lowest BCUT2D eigenvalue weighted by Crippen LogP contribution is -2.49. The number of halogens is 2. The van der Waals surface area contributed by atoms with Crippen molar-refractivity contribution < 1.29 is 33.4 Å². The van der Waals surface area contributed by atoms with Crippen molar-refractivity contribution in [1.29, 1.82) is 0 Å². The van der Waals surface area contributed by atoms with E-state index >= 15 is 0 Å². The molecule has 2 saturated carbocycles. The zero-order valence-corrected chi connectivity index (χ0v) is 28.4. The number of carbonyl (C=O) groups is 4. The number of carbonyl (C=O) groups excluding carboxylic acids is 4. The minimum Gasteiger partial charge on any atom is -0.508 e. The van der Waals surface area contributed by atoms with E-state index in [1.165, 1.54) is 23.1 Å². The SMILES string of the molecule is C[C@@]12C(=O)N(c3ccc(F)c(Cl)c3)C(=O)[C@@H]1C[C@@H]1C(=CC[C@@H]3C(=O)N(C4CCCCC4)C(=O)[C@@H]31)[C@@H]2c1ccc(OCc2ccccc2)cc1O. The highest BCUT2D eigenvalue weighted by atomic mass is 35.5. The standard InChI is InChI=1S/C40H38ClFN2O6/c1-40-30(37(47)44(39(40)49)24-12-17-32(42)31(41)18-24)20-29-26(15-16-28-34(29)38(48)43(36(28)46)23-10-6-3-7-11-23)35(40)27-14-13-25(19-33(27)45)50-21-22-8-4-2-5-9-22/h2,4-5,8-9,12-15,17-19,23,28-30,34-35,45H,3,6-7,10-11,16,20-21H2,1H3/t28-,29+,30-,34-,35+,40+/m0/s1. The Labute approximate surface area is 294 Å². The van der Waals surface area contributed by atoms with Gasteiger partial charge in [-0.1, -0.05) is 78.9 Å². The van der Waals surface area contributed by atoms with Gasteiger partial charge in [-0.05, 0) is 68.4 Å². The van der Waals surface area contributed by atoms with Gasteiger partial charge >= 0.3 is 0 Å². The molecule has 0 aromatic heterocycles. The van der Waals surface area contributed by atoms with Gasteiger partial charge in [0.25, 0.3) is 0 Å². The summed E-state index contributed by atoms with van der Waals surface area (Å²) in [6.07, 6.45) is 7.10. The summed E-state index contributed by atoms with van der Waals surface area (Å²) in [5.41, 5.74) is 0.953. The van der Waals surface area contributed by atoms with Crippen LogP contribution >= 0.6 is 11.6 Å². The van der Waals surface area contributed by atoms with E-state index in [9.17, 15) is 28.7 Å². The van der Waals surface area contributed by atoms with E-state index in [-0.39, 0.29) is 47.3 Å². The number of allylic oxidation sites excluding steroid dienone is 2. The summed E-state index contributed by atoms with van der Waals surface area (Å²) >= 11 is 6.12. The predicted molar refractivity (Wildman–Crippen MR) is 184 cm³/mol. The Kier molecular flexibility index (Phi) is 8.09. The normalized spacial score (nSPS) is 29.5. The van der Waals surface area contributed by atoms with Crippen LogP contribution in [0.4, 0.5) is 10.1 Å². The van der Waals surface area contributed by atoms with Gasteiger partial charge in [-0.15, -0.1) is 0 Å². The zero-order chi connectivity index (χ0) is 34.9. The maximum atomic E-state index is 14.7. The first-order chi connectivity index (χ1) is 24.1. The largest absolute Gasteiger partial charge is 0.508 e. The highest BCUT2D eigenvalue weighted by Gasteiger charge is 2.68. The Morgan fingerprint density at radius 1 is 0.920 bits per heavy atom. The number of phenols is 1. The van der Waals surface area contributed by atoms with Crippen molar-refractivity contribution in [2.75, 3.05) is 4.90 Å². The number of hydrogen-bond acceptors (Lipinski definition) is 6. The number of hydrogen-bond donors (Lipinski definition) is 1. The molecule has 3 aromatic carbocycles. The van der Waals surface area contributed by atoms with Crippen LogP contribution in [0.15, 0.2) is 78.4 Å². The number of rotatable bonds is 6. The van der Waals surface area contributed by atoms with Crippen molar-refractivity contribution in [1.82, 2.24) is 4.90 Å². The predicted octanol–water partition coefficient (Wildman–Crippen LogP) is 7.33. The van der Waals surface area contributed by atoms with Crippen molar-refractivity contribution >= 4 is 40.9 Å². The van der Waals surface area contributed by atoms with Gasteiger partial charge in [-0.25, -0.2) is 9.29 Å². The Balaban J connectivity index is 1.21. The summed E-state index contributed by atoms with van der Waals surface area (Å²) in [5, 5.41) is 11.4. The van der Waals surface area contributed by atoms with Crippen LogP contribution in [0.5, 0.6) is 11.5 Å². The van der Waals surface area contributed by atoms with Crippen LogP contribution in [0.25, 0.3) is 0 Å². The number of likely N-dealkylation sites (tertiary alicyclic amines) is 1. The number of phenolic OH excluding ortho intramolecular Hbond substituents is 1. The van der Waals surface area contributed by atoms with Crippen LogP contribution in [-0.4, -0.2) is 39.7 Å². The molecule has 3 aliphatic carbocycles. The van der Waals surface area contributed by atoms with Crippen LogP contribution in [0.1, 0.15) is 68.9 Å². The van der Waals surface area contributed by atoms with Crippen LogP contribution in [0.3, 0.4) is 0 Å². The van der Waals surface area contributed by atoms with Crippen LogP contribution in [0.2, 0.25) is 5.02 Å². The number of imide groups is 2. The molecule has 50 heavy (non-hydrogen) atoms. The van der Waals surface area contributed by atoms with Crippen molar-refractivity contribution in [2.45, 2.75) is 70.4 Å². The molecule has 5 aliphatic rings. The van der Waals surface area contributed by atoms with Gasteiger partial charge in [0.2, 0.25) is 23.6 Å². The quantitative estimate of drug-likeness (QED) is 0.214. The van der Waals surface area contributed by atoms with Crippen molar-refractivity contribution in [2.24, 2.45) is 29.1 Å². The molecule has 0 unspecified atom stereocenters. The second-order valence-electron chi connectivity index (χ2n) is 14.6. The summed E-state index contributed by atoms with van der Waals surface area (Å²) in [5.74, 6) is -5.04. The van der Waals surface area contributed by atoms with Crippen LogP contribution < -0.4 is 9.64 Å². The maximum Gasteiger partial charge on any atom is 0.241 e. The summed E-state index contributed by atoms with van der Waals surface area (Å²) in [6.45, 7) is 2.03. The van der Waals surface area contributed by atoms with Crippen molar-refractivity contribution in [3.8, 4) is 11.5 Å². The van der Waals surface area contributed by atoms with Gasteiger partial charge in [0.15, 0.2) is 0 Å². The fourth-order valence-corrected chi connectivity index (χ4v) is 9.73. The van der Waals surface area contributed by atoms with E-state index < -0.39 is 52.6 Å². The lowest BCUT2D eigenvalue weighted by atomic mass is 9.51. The summed E-state index contributed by atoms with van der Waals surface area (Å²) in [4.78, 5) is 59.9. The van der Waals surface area contributed by atoms with Gasteiger partial charge in [-0.3, -0.25) is 24.1 Å². The molecule has 10 heteroatoms. The molecule has 4 amide bonds. The molecule has 2 saturated heterocycles. The van der Waals surface area contributed by atoms with Gasteiger partial charge in [0.1, 0.15) is 23.9 Å². The molecule has 3 aromatic rings. The summed E-state index contributed by atoms with van der Waals surface area (Å²) < 4.78 is 20.2. The molecular weight excluding hydrogens is 659 g/mol. The van der Waals surface area contributed by atoms with Gasteiger partial charge in [0.05, 0.1) is 33.9 Å². The first kappa shape index (κ1) is 32.7. The van der Waals surface area contributed by atoms with E-state index in [4.69, 9.17) is 16.3 Å². The molecule has 0 spiro atoms. The average molecular weight is 697 g/mol. The number of benzene rings is 3. The van der Waals surface area contributed by atoms with E-state index in [1.807, 2.05) is 36.4 Å². The molecule has 1 N–H and O–H groups in total. The molecule has 0 radical (unpaired) electrons. The van der Waals surface area contributed by atoms with E-state index in [2.05, 4.69) is 0 Å². The summed E-state index contributed by atoms with van der Waals surface area (Å²) in [6, 6.07) is 18.2. The molecule has 6 atom stereocenters. The second kappa shape index (κ2) is 12.4. The highest BCUT2D eigenvalue weighted by molar-refractivity contribution is 6.31. The molecular formula is C40H38ClFN2O6. The first-order valence-electron chi connectivity index (χ1n) is 17.5. The molecule has 4 fully saturated rings. The Morgan fingerprint density at radius 2 is 1.68 bits per heavy atom. The molecule has 8 nitrogen and oxygen atoms in total. The van der Waals surface area contributed by atoms with Gasteiger partial charge < -0.3 is 9.84 Å². The van der Waals surface area contributed by atoms with Crippen LogP contribution in [0, 0.1) is 34.9 Å². The third-order valence-corrected chi connectivity index (χ3v) is 12.3. The molecule has 0 bridgehead atoms.